The van der Waals surface area contributed by atoms with Gasteiger partial charge < -0.3 is 10.1 Å². The summed E-state index contributed by atoms with van der Waals surface area (Å²) in [6.07, 6.45) is 6.97. The molecule has 19 heavy (non-hydrogen) atoms. The van der Waals surface area contributed by atoms with E-state index in [4.69, 9.17) is 4.74 Å². The fourth-order valence-corrected chi connectivity index (χ4v) is 2.58. The van der Waals surface area contributed by atoms with Crippen molar-refractivity contribution in [3.05, 3.63) is 18.3 Å². The maximum absolute atomic E-state index is 5.80. The monoisotopic (exact) mass is 262 g/mol. The molecule has 0 amide bonds. The Balaban J connectivity index is 1.99. The largest absolute Gasteiger partial charge is 0.487 e. The summed E-state index contributed by atoms with van der Waals surface area (Å²) in [5.41, 5.74) is 0.500. The third-order valence-corrected chi connectivity index (χ3v) is 3.81. The number of nitrogens with zero attached hydrogens (tertiary/aromatic N) is 1. The van der Waals surface area contributed by atoms with Crippen LogP contribution in [-0.4, -0.2) is 17.1 Å². The van der Waals surface area contributed by atoms with Crippen LogP contribution in [0.2, 0.25) is 0 Å². The summed E-state index contributed by atoms with van der Waals surface area (Å²) in [5.74, 6) is 1.75. The van der Waals surface area contributed by atoms with E-state index < -0.39 is 0 Å². The van der Waals surface area contributed by atoms with E-state index in [0.29, 0.717) is 11.5 Å². The third-order valence-electron chi connectivity index (χ3n) is 3.81. The molecule has 3 nitrogen and oxygen atoms in total. The molecular weight excluding hydrogens is 236 g/mol. The Labute approximate surface area is 116 Å². The molecule has 0 atom stereocenters. The highest BCUT2D eigenvalue weighted by Crippen LogP contribution is 2.36. The summed E-state index contributed by atoms with van der Waals surface area (Å²) >= 11 is 0. The number of anilines is 1. The summed E-state index contributed by atoms with van der Waals surface area (Å²) in [4.78, 5) is 4.43. The number of ether oxygens (including phenoxy) is 1. The van der Waals surface area contributed by atoms with Crippen molar-refractivity contribution < 1.29 is 4.74 Å². The summed E-state index contributed by atoms with van der Waals surface area (Å²) in [6.45, 7) is 8.80. The van der Waals surface area contributed by atoms with Crippen LogP contribution in [0.25, 0.3) is 0 Å². The molecule has 1 aliphatic carbocycles. The molecule has 0 unspecified atom stereocenters. The Morgan fingerprint density at radius 3 is 2.63 bits per heavy atom. The van der Waals surface area contributed by atoms with Gasteiger partial charge in [0, 0.05) is 12.2 Å². The average molecular weight is 262 g/mol. The highest BCUT2D eigenvalue weighted by Gasteiger charge is 2.27. The lowest BCUT2D eigenvalue weighted by Gasteiger charge is -2.35. The van der Waals surface area contributed by atoms with Gasteiger partial charge in [-0.1, -0.05) is 13.8 Å². The highest BCUT2D eigenvalue weighted by molar-refractivity contribution is 5.50. The van der Waals surface area contributed by atoms with E-state index in [1.807, 2.05) is 32.2 Å². The van der Waals surface area contributed by atoms with Gasteiger partial charge in [0.2, 0.25) is 0 Å². The van der Waals surface area contributed by atoms with E-state index >= 15 is 0 Å². The second-order valence-electron chi connectivity index (χ2n) is 6.60. The van der Waals surface area contributed by atoms with Crippen molar-refractivity contribution in [1.29, 1.82) is 0 Å². The van der Waals surface area contributed by atoms with E-state index in [9.17, 15) is 0 Å². The minimum absolute atomic E-state index is 0.176. The molecule has 106 valence electrons. The lowest BCUT2D eigenvalue weighted by atomic mass is 9.75. The summed E-state index contributed by atoms with van der Waals surface area (Å²) in [7, 11) is 0. The fourth-order valence-electron chi connectivity index (χ4n) is 2.58. The maximum atomic E-state index is 5.80. The normalized spacial score (nSPS) is 19.4. The Bertz CT molecular complexity index is 405. The van der Waals surface area contributed by atoms with Gasteiger partial charge in [0.05, 0.1) is 6.10 Å². The van der Waals surface area contributed by atoms with Crippen LogP contribution >= 0.6 is 0 Å². The number of hydrogen-bond donors (Lipinski definition) is 1. The first-order valence-electron chi connectivity index (χ1n) is 7.34. The lowest BCUT2D eigenvalue weighted by Crippen LogP contribution is -2.30. The molecule has 1 N–H and O–H groups in total. The number of hydrogen-bond acceptors (Lipinski definition) is 3. The molecule has 1 aliphatic rings. The van der Waals surface area contributed by atoms with Crippen LogP contribution < -0.4 is 10.1 Å². The van der Waals surface area contributed by atoms with Crippen LogP contribution in [-0.2, 0) is 0 Å². The summed E-state index contributed by atoms with van der Waals surface area (Å²) in [5, 5.41) is 3.56. The van der Waals surface area contributed by atoms with Gasteiger partial charge in [-0.25, -0.2) is 4.98 Å². The third kappa shape index (κ3) is 4.12. The van der Waals surface area contributed by atoms with Gasteiger partial charge >= 0.3 is 0 Å². The standard InChI is InChI=1S/C16H26N2O/c1-12(2)19-14-6-5-11-17-15(14)18-13-7-9-16(3,4)10-8-13/h5-6,11-13H,7-10H2,1-4H3,(H,17,18). The number of nitrogens with one attached hydrogen (secondary N) is 1. The van der Waals surface area contributed by atoms with Crippen molar-refractivity contribution in [2.24, 2.45) is 5.41 Å². The van der Waals surface area contributed by atoms with Crippen molar-refractivity contribution in [3.8, 4) is 5.75 Å². The van der Waals surface area contributed by atoms with Crippen LogP contribution in [0.4, 0.5) is 5.82 Å². The minimum Gasteiger partial charge on any atom is -0.487 e. The first-order valence-corrected chi connectivity index (χ1v) is 7.34. The van der Waals surface area contributed by atoms with Crippen LogP contribution in [0, 0.1) is 5.41 Å². The molecule has 1 fully saturated rings. The Morgan fingerprint density at radius 2 is 2.00 bits per heavy atom. The quantitative estimate of drug-likeness (QED) is 0.880. The summed E-state index contributed by atoms with van der Waals surface area (Å²) in [6, 6.07) is 4.44. The van der Waals surface area contributed by atoms with Crippen molar-refractivity contribution in [3.63, 3.8) is 0 Å². The van der Waals surface area contributed by atoms with Gasteiger partial charge in [-0.3, -0.25) is 0 Å². The second-order valence-corrected chi connectivity index (χ2v) is 6.60. The van der Waals surface area contributed by atoms with Gasteiger partial charge in [-0.05, 0) is 57.1 Å². The summed E-state index contributed by atoms with van der Waals surface area (Å²) < 4.78 is 5.80. The molecule has 2 rings (SSSR count). The second kappa shape index (κ2) is 5.81. The molecule has 0 saturated heterocycles. The predicted octanol–water partition coefficient (Wildman–Crippen LogP) is 4.25. The number of rotatable bonds is 4. The Kier molecular flexibility index (Phi) is 4.33. The van der Waals surface area contributed by atoms with Crippen molar-refractivity contribution in [2.75, 3.05) is 5.32 Å². The topological polar surface area (TPSA) is 34.1 Å². The van der Waals surface area contributed by atoms with E-state index in [1.165, 1.54) is 25.7 Å². The molecule has 1 heterocycles. The van der Waals surface area contributed by atoms with Crippen LogP contribution in [0.5, 0.6) is 5.75 Å². The zero-order valence-electron chi connectivity index (χ0n) is 12.6. The molecule has 1 aromatic heterocycles. The first-order chi connectivity index (χ1) is 8.96. The van der Waals surface area contributed by atoms with Crippen molar-refractivity contribution >= 4 is 5.82 Å². The number of pyridine rings is 1. The molecule has 0 aliphatic heterocycles. The zero-order valence-corrected chi connectivity index (χ0v) is 12.6. The maximum Gasteiger partial charge on any atom is 0.168 e. The highest BCUT2D eigenvalue weighted by atomic mass is 16.5. The van der Waals surface area contributed by atoms with E-state index in [2.05, 4.69) is 24.1 Å². The zero-order chi connectivity index (χ0) is 13.9. The molecule has 0 bridgehead atoms. The average Bonchev–Trinajstić information content (AvgIpc) is 2.33. The van der Waals surface area contributed by atoms with Crippen LogP contribution in [0.15, 0.2) is 18.3 Å². The minimum atomic E-state index is 0.176. The molecule has 1 aromatic rings. The van der Waals surface area contributed by atoms with Crippen molar-refractivity contribution in [1.82, 2.24) is 4.98 Å². The fraction of sp³-hybridized carbons (Fsp3) is 0.688. The van der Waals surface area contributed by atoms with Gasteiger partial charge in [0.15, 0.2) is 11.6 Å². The van der Waals surface area contributed by atoms with Crippen LogP contribution in [0.1, 0.15) is 53.4 Å². The van der Waals surface area contributed by atoms with Gasteiger partial charge in [-0.15, -0.1) is 0 Å². The van der Waals surface area contributed by atoms with E-state index in [0.717, 1.165) is 11.6 Å². The van der Waals surface area contributed by atoms with Crippen LogP contribution in [0.3, 0.4) is 0 Å². The lowest BCUT2D eigenvalue weighted by molar-refractivity contribution is 0.229. The SMILES string of the molecule is CC(C)Oc1cccnc1NC1CCC(C)(C)CC1. The predicted molar refractivity (Wildman–Crippen MR) is 79.7 cm³/mol. The first kappa shape index (κ1) is 14.2. The van der Waals surface area contributed by atoms with Gasteiger partial charge in [0.25, 0.3) is 0 Å². The molecule has 0 aromatic carbocycles. The smallest absolute Gasteiger partial charge is 0.168 e. The van der Waals surface area contributed by atoms with Gasteiger partial charge in [0.1, 0.15) is 0 Å². The Hall–Kier alpha value is -1.25. The van der Waals surface area contributed by atoms with E-state index in [1.54, 1.807) is 0 Å². The van der Waals surface area contributed by atoms with Gasteiger partial charge in [-0.2, -0.15) is 0 Å². The molecule has 0 spiro atoms. The van der Waals surface area contributed by atoms with E-state index in [-0.39, 0.29) is 6.10 Å². The molecule has 1 saturated carbocycles. The Morgan fingerprint density at radius 1 is 1.32 bits per heavy atom. The molecular formula is C16H26N2O. The molecule has 3 heteroatoms. The number of aromatic nitrogens is 1. The molecule has 0 radical (unpaired) electrons. The van der Waals surface area contributed by atoms with Crippen molar-refractivity contribution in [2.45, 2.75) is 65.5 Å².